The molecule has 1 aromatic rings. The lowest BCUT2D eigenvalue weighted by Gasteiger charge is -2.17. The van der Waals surface area contributed by atoms with Crippen molar-refractivity contribution in [1.29, 1.82) is 0 Å². The zero-order valence-electron chi connectivity index (χ0n) is 10.5. The number of nitrogens with one attached hydrogen (secondary N) is 1. The molecule has 3 nitrogen and oxygen atoms in total. The van der Waals surface area contributed by atoms with Crippen LogP contribution in [0.3, 0.4) is 0 Å². The number of phenolic OH excluding ortho intramolecular Hbond substituents is 1. The molecule has 0 amide bonds. The topological polar surface area (TPSA) is 52.5 Å². The lowest BCUT2D eigenvalue weighted by atomic mass is 10.0. The van der Waals surface area contributed by atoms with Crippen LogP contribution in [0.25, 0.3) is 0 Å². The van der Waals surface area contributed by atoms with Crippen molar-refractivity contribution in [1.82, 2.24) is 5.32 Å². The first-order valence-corrected chi connectivity index (χ1v) is 6.41. The largest absolute Gasteiger partial charge is 0.508 e. The first-order valence-electron chi connectivity index (χ1n) is 6.41. The van der Waals surface area contributed by atoms with E-state index in [1.165, 1.54) is 5.56 Å². The predicted molar refractivity (Wildman–Crippen MR) is 70.1 cm³/mol. The molecule has 0 saturated carbocycles. The van der Waals surface area contributed by atoms with E-state index in [1.807, 2.05) is 12.1 Å². The van der Waals surface area contributed by atoms with Gasteiger partial charge in [-0.1, -0.05) is 19.1 Å². The molecule has 0 spiro atoms. The summed E-state index contributed by atoms with van der Waals surface area (Å²) in [5, 5.41) is 21.4. The number of aromatic hydroxyl groups is 1. The van der Waals surface area contributed by atoms with Gasteiger partial charge in [-0.05, 0) is 49.9 Å². The average Bonchev–Trinajstić information content (AvgIpc) is 2.35. The summed E-state index contributed by atoms with van der Waals surface area (Å²) in [5.41, 5.74) is 1.22. The maximum absolute atomic E-state index is 9.24. The zero-order chi connectivity index (χ0) is 12.5. The van der Waals surface area contributed by atoms with Crippen LogP contribution in [-0.4, -0.2) is 23.4 Å². The molecule has 3 N–H and O–H groups in total. The monoisotopic (exact) mass is 237 g/mol. The minimum absolute atomic E-state index is 0.287. The minimum atomic E-state index is 0.287. The number of rotatable bonds is 8. The van der Waals surface area contributed by atoms with Gasteiger partial charge in [0.05, 0.1) is 0 Å². The molecule has 0 fully saturated rings. The third kappa shape index (κ3) is 5.20. The minimum Gasteiger partial charge on any atom is -0.508 e. The second kappa shape index (κ2) is 8.09. The molecule has 1 aromatic carbocycles. The van der Waals surface area contributed by atoms with E-state index in [4.69, 9.17) is 5.11 Å². The molecule has 0 aliphatic rings. The third-order valence-electron chi connectivity index (χ3n) is 2.93. The van der Waals surface area contributed by atoms with Gasteiger partial charge in [-0.25, -0.2) is 0 Å². The van der Waals surface area contributed by atoms with Crippen molar-refractivity contribution in [3.8, 4) is 5.75 Å². The summed E-state index contributed by atoms with van der Waals surface area (Å²) in [6.07, 6.45) is 4.08. The van der Waals surface area contributed by atoms with E-state index >= 15 is 0 Å². The van der Waals surface area contributed by atoms with E-state index in [0.29, 0.717) is 11.8 Å². The van der Waals surface area contributed by atoms with E-state index in [0.717, 1.165) is 32.2 Å². The van der Waals surface area contributed by atoms with Crippen LogP contribution in [0.15, 0.2) is 24.3 Å². The molecule has 3 heteroatoms. The first-order chi connectivity index (χ1) is 8.27. The Morgan fingerprint density at radius 1 is 1.12 bits per heavy atom. The van der Waals surface area contributed by atoms with Crippen LogP contribution >= 0.6 is 0 Å². The van der Waals surface area contributed by atoms with E-state index in [1.54, 1.807) is 12.1 Å². The average molecular weight is 237 g/mol. The van der Waals surface area contributed by atoms with Crippen LogP contribution in [-0.2, 0) is 0 Å². The number of phenols is 1. The van der Waals surface area contributed by atoms with Gasteiger partial charge in [-0.3, -0.25) is 0 Å². The highest BCUT2D eigenvalue weighted by atomic mass is 16.3. The fraction of sp³-hybridized carbons (Fsp3) is 0.571. The van der Waals surface area contributed by atoms with Gasteiger partial charge in [0.2, 0.25) is 0 Å². The van der Waals surface area contributed by atoms with Gasteiger partial charge in [0.25, 0.3) is 0 Å². The molecule has 1 unspecified atom stereocenters. The molecular weight excluding hydrogens is 214 g/mol. The molecule has 1 atom stereocenters. The lowest BCUT2D eigenvalue weighted by Crippen LogP contribution is -2.21. The van der Waals surface area contributed by atoms with Crippen LogP contribution in [0.2, 0.25) is 0 Å². The number of aliphatic hydroxyl groups is 1. The number of benzene rings is 1. The third-order valence-corrected chi connectivity index (χ3v) is 2.93. The Hall–Kier alpha value is -1.06. The molecule has 96 valence electrons. The van der Waals surface area contributed by atoms with Crippen molar-refractivity contribution in [3.05, 3.63) is 29.8 Å². The summed E-state index contributed by atoms with van der Waals surface area (Å²) in [6, 6.07) is 7.73. The highest BCUT2D eigenvalue weighted by molar-refractivity contribution is 5.27. The summed E-state index contributed by atoms with van der Waals surface area (Å²) in [7, 11) is 0. The second-order valence-corrected chi connectivity index (χ2v) is 4.29. The van der Waals surface area contributed by atoms with E-state index < -0.39 is 0 Å². The zero-order valence-corrected chi connectivity index (χ0v) is 10.5. The SMILES string of the molecule is CCC(NCCCCCO)c1ccc(O)cc1. The Morgan fingerprint density at radius 3 is 2.41 bits per heavy atom. The second-order valence-electron chi connectivity index (χ2n) is 4.29. The van der Waals surface area contributed by atoms with Crippen LogP contribution < -0.4 is 5.32 Å². The molecule has 17 heavy (non-hydrogen) atoms. The smallest absolute Gasteiger partial charge is 0.115 e. The first kappa shape index (κ1) is 14.0. The summed E-state index contributed by atoms with van der Waals surface area (Å²) in [5.74, 6) is 0.312. The van der Waals surface area contributed by atoms with Crippen molar-refractivity contribution in [3.63, 3.8) is 0 Å². The van der Waals surface area contributed by atoms with Gasteiger partial charge >= 0.3 is 0 Å². The molecule has 0 bridgehead atoms. The van der Waals surface area contributed by atoms with Crippen LogP contribution in [0.4, 0.5) is 0 Å². The van der Waals surface area contributed by atoms with Gasteiger partial charge < -0.3 is 15.5 Å². The van der Waals surface area contributed by atoms with Gasteiger partial charge in [0.15, 0.2) is 0 Å². The Labute approximate surface area is 103 Å². The number of hydrogen-bond donors (Lipinski definition) is 3. The quantitative estimate of drug-likeness (QED) is 0.609. The van der Waals surface area contributed by atoms with Gasteiger partial charge in [-0.2, -0.15) is 0 Å². The van der Waals surface area contributed by atoms with Crippen molar-refractivity contribution >= 4 is 0 Å². The maximum Gasteiger partial charge on any atom is 0.115 e. The molecule has 0 aliphatic carbocycles. The molecular formula is C14H23NO2. The Balaban J connectivity index is 2.35. The van der Waals surface area contributed by atoms with Gasteiger partial charge in [0, 0.05) is 12.6 Å². The van der Waals surface area contributed by atoms with Crippen LogP contribution in [0, 0.1) is 0 Å². The Bertz CT molecular complexity index is 298. The number of aliphatic hydroxyl groups excluding tert-OH is 1. The fourth-order valence-corrected chi connectivity index (χ4v) is 1.89. The maximum atomic E-state index is 9.24. The standard InChI is InChI=1S/C14H23NO2/c1-2-14(15-10-4-3-5-11-16)12-6-8-13(17)9-7-12/h6-9,14-17H,2-5,10-11H2,1H3. The predicted octanol–water partition coefficient (Wildman–Crippen LogP) is 2.60. The van der Waals surface area contributed by atoms with Gasteiger partial charge in [-0.15, -0.1) is 0 Å². The van der Waals surface area contributed by atoms with Crippen molar-refractivity contribution in [2.75, 3.05) is 13.2 Å². The summed E-state index contributed by atoms with van der Waals surface area (Å²) < 4.78 is 0. The number of unbranched alkanes of at least 4 members (excludes halogenated alkanes) is 2. The van der Waals surface area contributed by atoms with Crippen molar-refractivity contribution in [2.45, 2.75) is 38.6 Å². The molecule has 0 aliphatic heterocycles. The molecule has 0 aromatic heterocycles. The van der Waals surface area contributed by atoms with E-state index in [-0.39, 0.29) is 6.61 Å². The molecule has 0 saturated heterocycles. The Kier molecular flexibility index (Phi) is 6.67. The molecule has 1 rings (SSSR count). The number of hydrogen-bond acceptors (Lipinski definition) is 3. The van der Waals surface area contributed by atoms with Crippen molar-refractivity contribution < 1.29 is 10.2 Å². The highest BCUT2D eigenvalue weighted by Gasteiger charge is 2.07. The normalized spacial score (nSPS) is 12.6. The molecule has 0 radical (unpaired) electrons. The van der Waals surface area contributed by atoms with Crippen LogP contribution in [0.1, 0.15) is 44.2 Å². The molecule has 0 heterocycles. The van der Waals surface area contributed by atoms with E-state index in [9.17, 15) is 5.11 Å². The summed E-state index contributed by atoms with van der Waals surface area (Å²) in [6.45, 7) is 3.41. The van der Waals surface area contributed by atoms with Crippen LogP contribution in [0.5, 0.6) is 5.75 Å². The van der Waals surface area contributed by atoms with E-state index in [2.05, 4.69) is 12.2 Å². The fourth-order valence-electron chi connectivity index (χ4n) is 1.89. The summed E-state index contributed by atoms with van der Waals surface area (Å²) >= 11 is 0. The van der Waals surface area contributed by atoms with Crippen molar-refractivity contribution in [2.24, 2.45) is 0 Å². The highest BCUT2D eigenvalue weighted by Crippen LogP contribution is 2.19. The van der Waals surface area contributed by atoms with Gasteiger partial charge in [0.1, 0.15) is 5.75 Å². The lowest BCUT2D eigenvalue weighted by molar-refractivity contribution is 0.282. The Morgan fingerprint density at radius 2 is 1.82 bits per heavy atom. The summed E-state index contributed by atoms with van der Waals surface area (Å²) in [4.78, 5) is 0.